The average Bonchev–Trinajstić information content (AvgIpc) is 2.91. The Morgan fingerprint density at radius 2 is 2.24 bits per heavy atom. The van der Waals surface area contributed by atoms with Crippen LogP contribution in [-0.2, 0) is 0 Å². The summed E-state index contributed by atoms with van der Waals surface area (Å²) in [7, 11) is 0. The molecule has 5 rings (SSSR count). The van der Waals surface area contributed by atoms with Gasteiger partial charge in [-0.15, -0.1) is 0 Å². The molecule has 4 heteroatoms. The normalized spacial score (nSPS) is 31.9. The van der Waals surface area contributed by atoms with E-state index in [1.807, 2.05) is 24.3 Å². The van der Waals surface area contributed by atoms with Crippen LogP contribution < -0.4 is 5.32 Å². The fraction of sp³-hybridized carbons (Fsp3) is 0.471. The standard InChI is InChI=1S/C17H18N2O2/c20-16(12-1-2-14-11(9-12)4-8-21-14)18-15-13-3-7-19(10-13)17(15)5-6-17/h1-2,4,8-9,13,15H,3,5-7,10H2,(H,18,20). The molecule has 1 spiro atoms. The van der Waals surface area contributed by atoms with E-state index in [-0.39, 0.29) is 5.91 Å². The molecule has 1 amide bonds. The van der Waals surface area contributed by atoms with Crippen molar-refractivity contribution in [3.8, 4) is 0 Å². The van der Waals surface area contributed by atoms with Crippen LogP contribution in [0.1, 0.15) is 29.6 Å². The Bertz CT molecular complexity index is 731. The second-order valence-corrected chi connectivity index (χ2v) is 6.72. The van der Waals surface area contributed by atoms with Crippen molar-refractivity contribution in [1.29, 1.82) is 0 Å². The predicted octanol–water partition coefficient (Wildman–Crippen LogP) is 2.40. The maximum atomic E-state index is 12.6. The molecule has 2 aromatic rings. The number of rotatable bonds is 2. The molecule has 2 saturated heterocycles. The largest absolute Gasteiger partial charge is 0.464 e. The van der Waals surface area contributed by atoms with Gasteiger partial charge in [-0.3, -0.25) is 9.69 Å². The van der Waals surface area contributed by atoms with Crippen molar-refractivity contribution in [3.63, 3.8) is 0 Å². The molecule has 1 saturated carbocycles. The van der Waals surface area contributed by atoms with Crippen LogP contribution in [0.15, 0.2) is 34.9 Å². The molecular weight excluding hydrogens is 264 g/mol. The lowest BCUT2D eigenvalue weighted by Crippen LogP contribution is -2.51. The van der Waals surface area contributed by atoms with Crippen LogP contribution in [0.2, 0.25) is 0 Å². The fourth-order valence-corrected chi connectivity index (χ4v) is 4.44. The van der Waals surface area contributed by atoms with E-state index in [0.29, 0.717) is 17.5 Å². The zero-order valence-corrected chi connectivity index (χ0v) is 11.8. The Morgan fingerprint density at radius 1 is 1.33 bits per heavy atom. The zero-order chi connectivity index (χ0) is 14.0. The minimum atomic E-state index is 0.0584. The number of amides is 1. The first-order chi connectivity index (χ1) is 10.3. The number of benzene rings is 1. The van der Waals surface area contributed by atoms with Gasteiger partial charge in [0.25, 0.3) is 5.91 Å². The van der Waals surface area contributed by atoms with Gasteiger partial charge in [0.15, 0.2) is 0 Å². The van der Waals surface area contributed by atoms with Gasteiger partial charge in [-0.1, -0.05) is 0 Å². The molecule has 3 fully saturated rings. The second-order valence-electron chi connectivity index (χ2n) is 6.72. The van der Waals surface area contributed by atoms with E-state index < -0.39 is 0 Å². The third-order valence-electron chi connectivity index (χ3n) is 5.67. The van der Waals surface area contributed by atoms with E-state index >= 15 is 0 Å². The van der Waals surface area contributed by atoms with E-state index in [0.717, 1.165) is 16.5 Å². The summed E-state index contributed by atoms with van der Waals surface area (Å²) < 4.78 is 5.33. The molecule has 1 aliphatic carbocycles. The molecule has 3 heterocycles. The summed E-state index contributed by atoms with van der Waals surface area (Å²) in [5.74, 6) is 0.706. The number of hydrogen-bond donors (Lipinski definition) is 1. The van der Waals surface area contributed by atoms with Crippen molar-refractivity contribution in [2.24, 2.45) is 5.92 Å². The monoisotopic (exact) mass is 282 g/mol. The molecule has 1 N–H and O–H groups in total. The number of fused-ring (bicyclic) bond motifs is 4. The number of furan rings is 1. The first-order valence-electron chi connectivity index (χ1n) is 7.79. The van der Waals surface area contributed by atoms with Gasteiger partial charge in [0.2, 0.25) is 0 Å². The number of piperidine rings is 1. The van der Waals surface area contributed by atoms with E-state index in [1.165, 1.54) is 32.4 Å². The Kier molecular flexibility index (Phi) is 2.19. The molecule has 21 heavy (non-hydrogen) atoms. The van der Waals surface area contributed by atoms with Gasteiger partial charge in [-0.25, -0.2) is 0 Å². The summed E-state index contributed by atoms with van der Waals surface area (Å²) >= 11 is 0. The summed E-state index contributed by atoms with van der Waals surface area (Å²) in [6, 6.07) is 7.90. The Balaban J connectivity index is 1.42. The molecule has 4 nitrogen and oxygen atoms in total. The van der Waals surface area contributed by atoms with E-state index in [4.69, 9.17) is 4.42 Å². The minimum absolute atomic E-state index is 0.0584. The zero-order valence-electron chi connectivity index (χ0n) is 11.8. The van der Waals surface area contributed by atoms with Gasteiger partial charge in [0.1, 0.15) is 5.58 Å². The number of hydrogen-bond acceptors (Lipinski definition) is 3. The third kappa shape index (κ3) is 1.57. The van der Waals surface area contributed by atoms with Crippen LogP contribution in [0.4, 0.5) is 0 Å². The average molecular weight is 282 g/mol. The number of nitrogens with zero attached hydrogens (tertiary/aromatic N) is 1. The summed E-state index contributed by atoms with van der Waals surface area (Å²) in [5.41, 5.74) is 1.87. The minimum Gasteiger partial charge on any atom is -0.464 e. The maximum Gasteiger partial charge on any atom is 0.251 e. The van der Waals surface area contributed by atoms with Gasteiger partial charge < -0.3 is 9.73 Å². The maximum absolute atomic E-state index is 12.6. The van der Waals surface area contributed by atoms with Crippen molar-refractivity contribution in [2.45, 2.75) is 30.8 Å². The van der Waals surface area contributed by atoms with Crippen LogP contribution in [0.5, 0.6) is 0 Å². The highest BCUT2D eigenvalue weighted by Crippen LogP contribution is 2.55. The molecular formula is C17H18N2O2. The summed E-state index contributed by atoms with van der Waals surface area (Å²) in [6.45, 7) is 2.39. The SMILES string of the molecule is O=C(NC1C2CCN(C2)C12CC2)c1ccc2occc2c1. The van der Waals surface area contributed by atoms with Crippen molar-refractivity contribution in [2.75, 3.05) is 13.1 Å². The van der Waals surface area contributed by atoms with Crippen LogP contribution in [-0.4, -0.2) is 35.5 Å². The van der Waals surface area contributed by atoms with Crippen LogP contribution >= 0.6 is 0 Å². The molecule has 1 aromatic carbocycles. The van der Waals surface area contributed by atoms with Crippen molar-refractivity contribution >= 4 is 16.9 Å². The number of carbonyl (C=O) groups excluding carboxylic acids is 1. The van der Waals surface area contributed by atoms with E-state index in [2.05, 4.69) is 10.2 Å². The van der Waals surface area contributed by atoms with Crippen molar-refractivity contribution < 1.29 is 9.21 Å². The first-order valence-corrected chi connectivity index (χ1v) is 7.79. The first kappa shape index (κ1) is 11.8. The number of carbonyl (C=O) groups is 1. The molecule has 3 unspecified atom stereocenters. The quantitative estimate of drug-likeness (QED) is 0.920. The van der Waals surface area contributed by atoms with E-state index in [1.54, 1.807) is 6.26 Å². The van der Waals surface area contributed by atoms with Gasteiger partial charge in [-0.05, 0) is 56.0 Å². The molecule has 0 radical (unpaired) electrons. The molecule has 108 valence electrons. The Labute approximate surface area is 123 Å². The van der Waals surface area contributed by atoms with E-state index in [9.17, 15) is 4.79 Å². The predicted molar refractivity (Wildman–Crippen MR) is 79.1 cm³/mol. The van der Waals surface area contributed by atoms with Crippen LogP contribution in [0, 0.1) is 5.92 Å². The second kappa shape index (κ2) is 3.89. The molecule has 1 aromatic heterocycles. The topological polar surface area (TPSA) is 45.5 Å². The lowest BCUT2D eigenvalue weighted by atomic mass is 9.91. The molecule has 2 bridgehead atoms. The molecule has 3 aliphatic rings. The molecule has 3 atom stereocenters. The fourth-order valence-electron chi connectivity index (χ4n) is 4.44. The van der Waals surface area contributed by atoms with Gasteiger partial charge in [0.05, 0.1) is 12.3 Å². The highest BCUT2D eigenvalue weighted by atomic mass is 16.3. The van der Waals surface area contributed by atoms with Crippen molar-refractivity contribution in [1.82, 2.24) is 10.2 Å². The summed E-state index contributed by atoms with van der Waals surface area (Å²) in [5, 5.41) is 4.31. The lowest BCUT2D eigenvalue weighted by Gasteiger charge is -2.33. The third-order valence-corrected chi connectivity index (χ3v) is 5.67. The highest BCUT2D eigenvalue weighted by molar-refractivity contribution is 5.98. The van der Waals surface area contributed by atoms with Crippen molar-refractivity contribution in [3.05, 3.63) is 36.1 Å². The van der Waals surface area contributed by atoms with Crippen LogP contribution in [0.25, 0.3) is 11.0 Å². The highest BCUT2D eigenvalue weighted by Gasteiger charge is 2.63. The Hall–Kier alpha value is -1.81. The smallest absolute Gasteiger partial charge is 0.251 e. The Morgan fingerprint density at radius 3 is 3.10 bits per heavy atom. The summed E-state index contributed by atoms with van der Waals surface area (Å²) in [4.78, 5) is 15.2. The van der Waals surface area contributed by atoms with Gasteiger partial charge >= 0.3 is 0 Å². The lowest BCUT2D eigenvalue weighted by molar-refractivity contribution is 0.0892. The molecule has 2 aliphatic heterocycles. The van der Waals surface area contributed by atoms with Gasteiger partial charge in [-0.2, -0.15) is 0 Å². The van der Waals surface area contributed by atoms with Crippen LogP contribution in [0.3, 0.4) is 0 Å². The number of nitrogens with one attached hydrogen (secondary N) is 1. The summed E-state index contributed by atoms with van der Waals surface area (Å²) in [6.07, 6.45) is 5.38. The van der Waals surface area contributed by atoms with Gasteiger partial charge in [0, 0.05) is 23.0 Å².